The fourth-order valence-corrected chi connectivity index (χ4v) is 1.51. The topological polar surface area (TPSA) is 23.5 Å². The quantitative estimate of drug-likeness (QED) is 0.686. The average Bonchev–Trinajstić information content (AvgIpc) is 1.97. The molecule has 12 heavy (non-hydrogen) atoms. The Morgan fingerprint density at radius 3 is 2.75 bits per heavy atom. The van der Waals surface area contributed by atoms with Crippen LogP contribution in [0, 0.1) is 0 Å². The molecule has 0 aromatic heterocycles. The first-order chi connectivity index (χ1) is 5.56. The van der Waals surface area contributed by atoms with Crippen LogP contribution in [0.1, 0.15) is 19.8 Å². The van der Waals surface area contributed by atoms with Crippen molar-refractivity contribution in [3.8, 4) is 0 Å². The predicted molar refractivity (Wildman–Crippen MR) is 42.3 cm³/mol. The Bertz CT molecular complexity index is 152. The van der Waals surface area contributed by atoms with Crippen LogP contribution in [0.5, 0.6) is 0 Å². The molecule has 1 heterocycles. The number of hydrogen-bond acceptors (Lipinski definition) is 2. The van der Waals surface area contributed by atoms with E-state index in [9.17, 15) is 8.78 Å². The van der Waals surface area contributed by atoms with E-state index in [-0.39, 0.29) is 13.0 Å². The molecule has 1 rings (SSSR count). The number of halogens is 2. The van der Waals surface area contributed by atoms with Gasteiger partial charge in [-0.25, -0.2) is 8.78 Å². The highest BCUT2D eigenvalue weighted by Gasteiger charge is 2.43. The first kappa shape index (κ1) is 9.86. The molecule has 4 heteroatoms. The minimum Gasteiger partial charge on any atom is -0.387 e. The normalized spacial score (nSPS) is 30.5. The Morgan fingerprint density at radius 2 is 2.25 bits per heavy atom. The standard InChI is InChI=1S/C8H15F2NO/c1-2-4-11-5-3-7(12)8(9,10)6-11/h7,12H,2-6H2,1H3. The predicted octanol–water partition coefficient (Wildman–Crippen LogP) is 1.10. The highest BCUT2D eigenvalue weighted by Crippen LogP contribution is 2.26. The van der Waals surface area contributed by atoms with Crippen LogP contribution in [0.4, 0.5) is 8.78 Å². The zero-order valence-corrected chi connectivity index (χ0v) is 7.26. The van der Waals surface area contributed by atoms with E-state index < -0.39 is 12.0 Å². The van der Waals surface area contributed by atoms with Crippen LogP contribution in [-0.4, -0.2) is 41.7 Å². The van der Waals surface area contributed by atoms with Gasteiger partial charge in [0.05, 0.1) is 6.54 Å². The van der Waals surface area contributed by atoms with Gasteiger partial charge in [-0.05, 0) is 19.4 Å². The number of piperidine rings is 1. The van der Waals surface area contributed by atoms with Crippen molar-refractivity contribution < 1.29 is 13.9 Å². The molecule has 1 unspecified atom stereocenters. The number of aliphatic hydroxyl groups excluding tert-OH is 1. The lowest BCUT2D eigenvalue weighted by Gasteiger charge is -2.35. The molecule has 0 aromatic rings. The Hall–Kier alpha value is -0.220. The second-order valence-electron chi connectivity index (χ2n) is 3.34. The molecule has 0 radical (unpaired) electrons. The molecule has 72 valence electrons. The molecule has 0 aromatic carbocycles. The van der Waals surface area contributed by atoms with E-state index in [0.29, 0.717) is 13.1 Å². The summed E-state index contributed by atoms with van der Waals surface area (Å²) in [4.78, 5) is 1.70. The van der Waals surface area contributed by atoms with Gasteiger partial charge in [0.2, 0.25) is 0 Å². The Kier molecular flexibility index (Phi) is 3.01. The van der Waals surface area contributed by atoms with Gasteiger partial charge >= 0.3 is 0 Å². The smallest absolute Gasteiger partial charge is 0.285 e. The molecule has 1 aliphatic heterocycles. The summed E-state index contributed by atoms with van der Waals surface area (Å²) in [6, 6.07) is 0. The molecule has 1 fully saturated rings. The molecule has 2 nitrogen and oxygen atoms in total. The molecule has 1 N–H and O–H groups in total. The van der Waals surface area contributed by atoms with Gasteiger partial charge in [-0.1, -0.05) is 6.92 Å². The van der Waals surface area contributed by atoms with Crippen molar-refractivity contribution in [1.29, 1.82) is 0 Å². The summed E-state index contributed by atoms with van der Waals surface area (Å²) in [5, 5.41) is 8.95. The van der Waals surface area contributed by atoms with E-state index in [2.05, 4.69) is 0 Å². The van der Waals surface area contributed by atoms with Crippen LogP contribution in [-0.2, 0) is 0 Å². The largest absolute Gasteiger partial charge is 0.387 e. The summed E-state index contributed by atoms with van der Waals surface area (Å²) in [6.45, 7) is 2.96. The monoisotopic (exact) mass is 179 g/mol. The third kappa shape index (κ3) is 2.14. The maximum Gasteiger partial charge on any atom is 0.285 e. The van der Waals surface area contributed by atoms with Crippen molar-refractivity contribution in [2.24, 2.45) is 0 Å². The average molecular weight is 179 g/mol. The van der Waals surface area contributed by atoms with Crippen molar-refractivity contribution in [2.45, 2.75) is 31.8 Å². The zero-order chi connectivity index (χ0) is 9.19. The highest BCUT2D eigenvalue weighted by molar-refractivity contribution is 4.85. The molecule has 0 saturated carbocycles. The van der Waals surface area contributed by atoms with E-state index in [0.717, 1.165) is 6.42 Å². The molecule has 1 atom stereocenters. The number of rotatable bonds is 2. The van der Waals surface area contributed by atoms with Gasteiger partial charge in [0.15, 0.2) is 0 Å². The van der Waals surface area contributed by atoms with Crippen molar-refractivity contribution >= 4 is 0 Å². The molecule has 0 aliphatic carbocycles. The first-order valence-electron chi connectivity index (χ1n) is 4.34. The summed E-state index contributed by atoms with van der Waals surface area (Å²) in [5.74, 6) is -2.91. The van der Waals surface area contributed by atoms with Crippen LogP contribution in [0.25, 0.3) is 0 Å². The fraction of sp³-hybridized carbons (Fsp3) is 1.00. The minimum atomic E-state index is -2.91. The molecule has 0 amide bonds. The van der Waals surface area contributed by atoms with Crippen LogP contribution >= 0.6 is 0 Å². The summed E-state index contributed by atoms with van der Waals surface area (Å²) in [5.41, 5.74) is 0. The van der Waals surface area contributed by atoms with Crippen molar-refractivity contribution in [3.63, 3.8) is 0 Å². The second-order valence-corrected chi connectivity index (χ2v) is 3.34. The Balaban J connectivity index is 2.45. The van der Waals surface area contributed by atoms with Gasteiger partial charge in [-0.3, -0.25) is 4.90 Å². The summed E-state index contributed by atoms with van der Waals surface area (Å²) < 4.78 is 25.8. The Morgan fingerprint density at radius 1 is 1.58 bits per heavy atom. The number of alkyl halides is 2. The van der Waals surface area contributed by atoms with E-state index in [1.165, 1.54) is 0 Å². The van der Waals surface area contributed by atoms with Gasteiger partial charge in [-0.15, -0.1) is 0 Å². The van der Waals surface area contributed by atoms with Gasteiger partial charge in [0.25, 0.3) is 5.92 Å². The first-order valence-corrected chi connectivity index (χ1v) is 4.34. The highest BCUT2D eigenvalue weighted by atomic mass is 19.3. The third-order valence-corrected chi connectivity index (χ3v) is 2.18. The van der Waals surface area contributed by atoms with Gasteiger partial charge in [0, 0.05) is 6.54 Å². The van der Waals surface area contributed by atoms with Crippen LogP contribution in [0.2, 0.25) is 0 Å². The molecule has 0 bridgehead atoms. The van der Waals surface area contributed by atoms with Gasteiger partial charge in [0.1, 0.15) is 6.10 Å². The number of hydrogen-bond donors (Lipinski definition) is 1. The minimum absolute atomic E-state index is 0.188. The van der Waals surface area contributed by atoms with Crippen LogP contribution in [0.3, 0.4) is 0 Å². The summed E-state index contributed by atoms with van der Waals surface area (Å²) >= 11 is 0. The lowest BCUT2D eigenvalue weighted by molar-refractivity contribution is -0.149. The Labute approximate surface area is 71.2 Å². The fourth-order valence-electron chi connectivity index (χ4n) is 1.51. The molecular weight excluding hydrogens is 164 g/mol. The number of aliphatic hydroxyl groups is 1. The van der Waals surface area contributed by atoms with Crippen LogP contribution < -0.4 is 0 Å². The van der Waals surface area contributed by atoms with Crippen molar-refractivity contribution in [3.05, 3.63) is 0 Å². The molecule has 1 aliphatic rings. The van der Waals surface area contributed by atoms with Gasteiger partial charge in [-0.2, -0.15) is 0 Å². The second kappa shape index (κ2) is 3.66. The maximum absolute atomic E-state index is 12.9. The maximum atomic E-state index is 12.9. The zero-order valence-electron chi connectivity index (χ0n) is 7.26. The number of likely N-dealkylation sites (tertiary alicyclic amines) is 1. The lowest BCUT2D eigenvalue weighted by atomic mass is 10.0. The molecular formula is C8H15F2NO. The summed E-state index contributed by atoms with van der Waals surface area (Å²) in [7, 11) is 0. The van der Waals surface area contributed by atoms with Gasteiger partial charge < -0.3 is 5.11 Å². The summed E-state index contributed by atoms with van der Waals surface area (Å²) in [6.07, 6.45) is -0.371. The van der Waals surface area contributed by atoms with Crippen molar-refractivity contribution in [2.75, 3.05) is 19.6 Å². The SMILES string of the molecule is CCCN1CCC(O)C(F)(F)C1. The van der Waals surface area contributed by atoms with Crippen molar-refractivity contribution in [1.82, 2.24) is 4.90 Å². The van der Waals surface area contributed by atoms with E-state index in [1.54, 1.807) is 4.90 Å². The number of nitrogens with zero attached hydrogens (tertiary/aromatic N) is 1. The molecule has 0 spiro atoms. The van der Waals surface area contributed by atoms with E-state index >= 15 is 0 Å². The lowest BCUT2D eigenvalue weighted by Crippen LogP contribution is -2.51. The van der Waals surface area contributed by atoms with Crippen LogP contribution in [0.15, 0.2) is 0 Å². The molecule has 1 saturated heterocycles. The van der Waals surface area contributed by atoms with E-state index in [4.69, 9.17) is 5.11 Å². The third-order valence-electron chi connectivity index (χ3n) is 2.18. The van der Waals surface area contributed by atoms with E-state index in [1.807, 2.05) is 6.92 Å².